The molecule has 1 fully saturated rings. The highest BCUT2D eigenvalue weighted by atomic mass is 15.3. The molecule has 130 valence electrons. The summed E-state index contributed by atoms with van der Waals surface area (Å²) in [4.78, 5) is 17.7. The van der Waals surface area contributed by atoms with Crippen LogP contribution in [0.4, 0.5) is 5.95 Å². The minimum Gasteiger partial charge on any atom is -0.370 e. The normalized spacial score (nSPS) is 18.5. The number of aliphatic imine (C=N–C) groups is 1. The Balaban J connectivity index is 1.29. The summed E-state index contributed by atoms with van der Waals surface area (Å²) in [5.74, 6) is 2.04. The first kappa shape index (κ1) is 15.9. The van der Waals surface area contributed by atoms with Gasteiger partial charge in [0, 0.05) is 45.1 Å². The largest absolute Gasteiger partial charge is 0.370 e. The van der Waals surface area contributed by atoms with E-state index in [2.05, 4.69) is 49.0 Å². The van der Waals surface area contributed by atoms with Gasteiger partial charge in [-0.15, -0.1) is 0 Å². The molecule has 2 heterocycles. The van der Waals surface area contributed by atoms with Gasteiger partial charge in [-0.2, -0.15) is 0 Å². The van der Waals surface area contributed by atoms with E-state index in [4.69, 9.17) is 5.73 Å². The maximum Gasteiger partial charge on any atom is 0.225 e. The van der Waals surface area contributed by atoms with Gasteiger partial charge in [-0.1, -0.05) is 24.3 Å². The number of aromatic nitrogens is 2. The van der Waals surface area contributed by atoms with Crippen LogP contribution in [0.2, 0.25) is 0 Å². The van der Waals surface area contributed by atoms with Gasteiger partial charge in [0.25, 0.3) is 0 Å². The van der Waals surface area contributed by atoms with Crippen LogP contribution in [0.15, 0.2) is 47.7 Å². The van der Waals surface area contributed by atoms with E-state index < -0.39 is 0 Å². The van der Waals surface area contributed by atoms with Crippen molar-refractivity contribution in [1.82, 2.24) is 14.9 Å². The number of piperazine rings is 1. The van der Waals surface area contributed by atoms with Crippen molar-refractivity contribution in [2.75, 3.05) is 37.6 Å². The van der Waals surface area contributed by atoms with E-state index in [9.17, 15) is 0 Å². The van der Waals surface area contributed by atoms with Crippen molar-refractivity contribution >= 4 is 11.9 Å². The number of nitrogens with zero attached hydrogens (tertiary/aromatic N) is 5. The Bertz CT molecular complexity index is 712. The smallest absolute Gasteiger partial charge is 0.225 e. The molecule has 1 aromatic heterocycles. The van der Waals surface area contributed by atoms with E-state index >= 15 is 0 Å². The molecule has 6 nitrogen and oxygen atoms in total. The predicted octanol–water partition coefficient (Wildman–Crippen LogP) is 1.33. The average molecular weight is 336 g/mol. The van der Waals surface area contributed by atoms with Gasteiger partial charge < -0.3 is 15.5 Å². The Labute approximate surface area is 148 Å². The van der Waals surface area contributed by atoms with Crippen molar-refractivity contribution in [2.45, 2.75) is 12.8 Å². The number of anilines is 1. The molecule has 0 unspecified atom stereocenters. The van der Waals surface area contributed by atoms with E-state index in [0.29, 0.717) is 11.9 Å². The van der Waals surface area contributed by atoms with Crippen molar-refractivity contribution in [3.8, 4) is 0 Å². The lowest BCUT2D eigenvalue weighted by Gasteiger charge is -2.35. The summed E-state index contributed by atoms with van der Waals surface area (Å²) in [6.07, 6.45) is 5.80. The highest BCUT2D eigenvalue weighted by Gasteiger charge is 2.22. The lowest BCUT2D eigenvalue weighted by atomic mass is 10.1. The standard InChI is InChI=1S/C19H24N6/c20-18(23-14-15-12-16-4-1-2-5-17(16)13-15)24-8-10-25(11-9-24)19-21-6-3-7-22-19/h1-7,15H,8-14H2,(H2,20,23). The molecule has 1 aliphatic carbocycles. The molecule has 2 aromatic rings. The van der Waals surface area contributed by atoms with Crippen molar-refractivity contribution in [3.63, 3.8) is 0 Å². The van der Waals surface area contributed by atoms with Crippen molar-refractivity contribution < 1.29 is 0 Å². The van der Waals surface area contributed by atoms with Gasteiger partial charge in [0.1, 0.15) is 0 Å². The summed E-state index contributed by atoms with van der Waals surface area (Å²) >= 11 is 0. The molecule has 1 aromatic carbocycles. The molecule has 1 saturated heterocycles. The maximum absolute atomic E-state index is 6.24. The average Bonchev–Trinajstić information content (AvgIpc) is 3.10. The van der Waals surface area contributed by atoms with Crippen molar-refractivity contribution in [3.05, 3.63) is 53.9 Å². The number of fused-ring (bicyclic) bond motifs is 1. The molecule has 0 saturated carbocycles. The lowest BCUT2D eigenvalue weighted by molar-refractivity contribution is 0.377. The third kappa shape index (κ3) is 3.57. The molecular weight excluding hydrogens is 312 g/mol. The Morgan fingerprint density at radius 3 is 2.28 bits per heavy atom. The molecule has 2 aliphatic rings. The van der Waals surface area contributed by atoms with Gasteiger partial charge in [-0.3, -0.25) is 4.99 Å². The van der Waals surface area contributed by atoms with E-state index in [1.54, 1.807) is 12.4 Å². The number of rotatable bonds is 3. The van der Waals surface area contributed by atoms with Crippen LogP contribution in [-0.4, -0.2) is 53.6 Å². The van der Waals surface area contributed by atoms with Crippen LogP contribution in [0, 0.1) is 5.92 Å². The van der Waals surface area contributed by atoms with Gasteiger partial charge in [0.2, 0.25) is 5.95 Å². The van der Waals surface area contributed by atoms with Crippen LogP contribution in [0.5, 0.6) is 0 Å². The molecule has 0 bridgehead atoms. The molecule has 2 N–H and O–H groups in total. The van der Waals surface area contributed by atoms with Crippen molar-refractivity contribution in [2.24, 2.45) is 16.6 Å². The first-order valence-corrected chi connectivity index (χ1v) is 8.93. The molecule has 0 amide bonds. The molecular formula is C19H24N6. The fraction of sp³-hybridized carbons (Fsp3) is 0.421. The minimum atomic E-state index is 0.579. The van der Waals surface area contributed by atoms with Crippen LogP contribution in [0.25, 0.3) is 0 Å². The van der Waals surface area contributed by atoms with Gasteiger partial charge in [-0.25, -0.2) is 9.97 Å². The zero-order valence-electron chi connectivity index (χ0n) is 14.4. The fourth-order valence-electron chi connectivity index (χ4n) is 3.69. The predicted molar refractivity (Wildman–Crippen MR) is 99.6 cm³/mol. The van der Waals surface area contributed by atoms with Crippen LogP contribution in [-0.2, 0) is 12.8 Å². The second-order valence-electron chi connectivity index (χ2n) is 6.76. The van der Waals surface area contributed by atoms with Gasteiger partial charge in [0.15, 0.2) is 5.96 Å². The second kappa shape index (κ2) is 7.09. The number of benzene rings is 1. The molecule has 0 spiro atoms. The van der Waals surface area contributed by atoms with E-state index in [1.165, 1.54) is 11.1 Å². The Morgan fingerprint density at radius 2 is 1.64 bits per heavy atom. The summed E-state index contributed by atoms with van der Waals surface area (Å²) in [6.45, 7) is 4.27. The monoisotopic (exact) mass is 336 g/mol. The molecule has 4 rings (SSSR count). The summed E-state index contributed by atoms with van der Waals surface area (Å²) in [5, 5.41) is 0. The third-order valence-electron chi connectivity index (χ3n) is 5.09. The van der Waals surface area contributed by atoms with Crippen LogP contribution in [0.3, 0.4) is 0 Å². The SMILES string of the molecule is NC(=NCC1Cc2ccccc2C1)N1CCN(c2ncccn2)CC1. The van der Waals surface area contributed by atoms with Gasteiger partial charge in [0.05, 0.1) is 0 Å². The molecule has 25 heavy (non-hydrogen) atoms. The summed E-state index contributed by atoms with van der Waals surface area (Å²) in [7, 11) is 0. The molecule has 0 atom stereocenters. The molecule has 6 heteroatoms. The maximum atomic E-state index is 6.24. The Morgan fingerprint density at radius 1 is 1.00 bits per heavy atom. The number of hydrogen-bond donors (Lipinski definition) is 1. The summed E-state index contributed by atoms with van der Waals surface area (Å²) < 4.78 is 0. The van der Waals surface area contributed by atoms with E-state index in [0.717, 1.165) is 51.5 Å². The van der Waals surface area contributed by atoms with Gasteiger partial charge >= 0.3 is 0 Å². The van der Waals surface area contributed by atoms with E-state index in [-0.39, 0.29) is 0 Å². The first-order valence-electron chi connectivity index (χ1n) is 8.93. The lowest BCUT2D eigenvalue weighted by Crippen LogP contribution is -2.51. The highest BCUT2D eigenvalue weighted by molar-refractivity contribution is 5.78. The molecule has 1 aliphatic heterocycles. The molecule has 0 radical (unpaired) electrons. The minimum absolute atomic E-state index is 0.579. The number of nitrogens with two attached hydrogens (primary N) is 1. The Hall–Kier alpha value is -2.63. The number of hydrogen-bond acceptors (Lipinski definition) is 4. The van der Waals surface area contributed by atoms with Crippen LogP contribution < -0.4 is 10.6 Å². The van der Waals surface area contributed by atoms with Crippen molar-refractivity contribution in [1.29, 1.82) is 0 Å². The van der Waals surface area contributed by atoms with Crippen LogP contribution in [0.1, 0.15) is 11.1 Å². The zero-order valence-corrected chi connectivity index (χ0v) is 14.4. The highest BCUT2D eigenvalue weighted by Crippen LogP contribution is 2.26. The third-order valence-corrected chi connectivity index (χ3v) is 5.09. The zero-order chi connectivity index (χ0) is 17.1. The van der Waals surface area contributed by atoms with Crippen LogP contribution >= 0.6 is 0 Å². The quantitative estimate of drug-likeness (QED) is 0.676. The van der Waals surface area contributed by atoms with Gasteiger partial charge in [-0.05, 0) is 36.0 Å². The first-order chi connectivity index (χ1) is 12.3. The topological polar surface area (TPSA) is 70.6 Å². The number of guanidine groups is 1. The Kier molecular flexibility index (Phi) is 4.50. The van der Waals surface area contributed by atoms with E-state index in [1.807, 2.05) is 6.07 Å². The second-order valence-corrected chi connectivity index (χ2v) is 6.76. The summed E-state index contributed by atoms with van der Waals surface area (Å²) in [5.41, 5.74) is 9.18. The fourth-order valence-corrected chi connectivity index (χ4v) is 3.69. The summed E-state index contributed by atoms with van der Waals surface area (Å²) in [6, 6.07) is 10.5.